The second kappa shape index (κ2) is 9.99. The molecule has 0 amide bonds. The fourth-order valence-corrected chi connectivity index (χ4v) is 2.80. The van der Waals surface area contributed by atoms with Gasteiger partial charge in [-0.05, 0) is 17.5 Å². The number of carboxylic acids is 1. The standard InChI is InChI=1S/C19H26O10/c1-9(2)10-3-4-11(7-20)12(5-10)28-19-18(26)17(25)16(24)13(29-19)8-27-15(23)6-14(21)22/h3-5,9,13,16-20,24-26H,6-8H2,1-2H3,(H,21,22)/t13-,16-,17+,18-,19-/m1/s1. The van der Waals surface area contributed by atoms with Gasteiger partial charge in [-0.3, -0.25) is 9.59 Å². The second-order valence-corrected chi connectivity index (χ2v) is 7.07. The molecule has 2 rings (SSSR count). The van der Waals surface area contributed by atoms with Gasteiger partial charge in [-0.2, -0.15) is 0 Å². The van der Waals surface area contributed by atoms with Crippen LogP contribution in [0.15, 0.2) is 18.2 Å². The minimum Gasteiger partial charge on any atom is -0.481 e. The maximum Gasteiger partial charge on any atom is 0.317 e. The molecule has 0 unspecified atom stereocenters. The minimum atomic E-state index is -1.66. The van der Waals surface area contributed by atoms with Crippen molar-refractivity contribution in [1.29, 1.82) is 0 Å². The molecule has 162 valence electrons. The molecule has 1 aromatic rings. The van der Waals surface area contributed by atoms with E-state index in [4.69, 9.17) is 19.3 Å². The molecule has 0 aliphatic carbocycles. The van der Waals surface area contributed by atoms with E-state index in [1.54, 1.807) is 12.1 Å². The number of carboxylic acid groups (broad SMARTS) is 1. The van der Waals surface area contributed by atoms with E-state index >= 15 is 0 Å². The molecule has 1 aliphatic heterocycles. The van der Waals surface area contributed by atoms with Crippen LogP contribution in [0.4, 0.5) is 0 Å². The molecule has 0 spiro atoms. The van der Waals surface area contributed by atoms with Gasteiger partial charge in [0.2, 0.25) is 6.29 Å². The number of rotatable bonds is 8. The van der Waals surface area contributed by atoms with Crippen LogP contribution in [-0.2, 0) is 25.7 Å². The zero-order chi connectivity index (χ0) is 21.7. The van der Waals surface area contributed by atoms with Gasteiger partial charge in [0.25, 0.3) is 0 Å². The lowest BCUT2D eigenvalue weighted by atomic mass is 9.99. The Morgan fingerprint density at radius 2 is 1.83 bits per heavy atom. The Morgan fingerprint density at radius 1 is 1.14 bits per heavy atom. The van der Waals surface area contributed by atoms with Crippen molar-refractivity contribution < 1.29 is 49.3 Å². The summed E-state index contributed by atoms with van der Waals surface area (Å²) in [7, 11) is 0. The number of aliphatic carboxylic acids is 1. The number of aliphatic hydroxyl groups excluding tert-OH is 4. The number of ether oxygens (including phenoxy) is 3. The van der Waals surface area contributed by atoms with Crippen LogP contribution in [0.3, 0.4) is 0 Å². The maximum absolute atomic E-state index is 11.4. The van der Waals surface area contributed by atoms with Crippen LogP contribution < -0.4 is 4.74 Å². The molecule has 1 fully saturated rings. The van der Waals surface area contributed by atoms with Crippen LogP contribution >= 0.6 is 0 Å². The van der Waals surface area contributed by atoms with E-state index in [2.05, 4.69) is 0 Å². The largest absolute Gasteiger partial charge is 0.481 e. The van der Waals surface area contributed by atoms with Crippen molar-refractivity contribution in [3.05, 3.63) is 29.3 Å². The molecule has 10 nitrogen and oxygen atoms in total. The third-order valence-corrected chi connectivity index (χ3v) is 4.54. The quantitative estimate of drug-likeness (QED) is 0.277. The third-order valence-electron chi connectivity index (χ3n) is 4.54. The van der Waals surface area contributed by atoms with Crippen molar-refractivity contribution in [2.75, 3.05) is 6.61 Å². The maximum atomic E-state index is 11.4. The van der Waals surface area contributed by atoms with E-state index in [0.29, 0.717) is 5.56 Å². The lowest BCUT2D eigenvalue weighted by Crippen LogP contribution is -2.60. The number of carbonyl (C=O) groups excluding carboxylic acids is 1. The second-order valence-electron chi connectivity index (χ2n) is 7.07. The molecule has 0 radical (unpaired) electrons. The summed E-state index contributed by atoms with van der Waals surface area (Å²) < 4.78 is 15.9. The molecule has 0 saturated carbocycles. The molecule has 5 N–H and O–H groups in total. The zero-order valence-corrected chi connectivity index (χ0v) is 16.1. The van der Waals surface area contributed by atoms with Gasteiger partial charge in [0, 0.05) is 5.56 Å². The minimum absolute atomic E-state index is 0.163. The third kappa shape index (κ3) is 5.87. The van der Waals surface area contributed by atoms with Gasteiger partial charge in [0.05, 0.1) is 6.61 Å². The molecule has 10 heteroatoms. The first-order valence-corrected chi connectivity index (χ1v) is 9.11. The molecule has 0 bridgehead atoms. The van der Waals surface area contributed by atoms with Crippen molar-refractivity contribution >= 4 is 11.9 Å². The average molecular weight is 414 g/mol. The summed E-state index contributed by atoms with van der Waals surface area (Å²) in [6.07, 6.45) is -8.43. The van der Waals surface area contributed by atoms with Crippen molar-refractivity contribution in [2.45, 2.75) is 63.5 Å². The average Bonchev–Trinajstić information content (AvgIpc) is 2.66. The van der Waals surface area contributed by atoms with Gasteiger partial charge in [0.1, 0.15) is 43.2 Å². The topological polar surface area (TPSA) is 163 Å². The molecular weight excluding hydrogens is 388 g/mol. The van der Waals surface area contributed by atoms with Crippen molar-refractivity contribution in [3.63, 3.8) is 0 Å². The fourth-order valence-electron chi connectivity index (χ4n) is 2.80. The van der Waals surface area contributed by atoms with E-state index in [9.17, 15) is 30.0 Å². The summed E-state index contributed by atoms with van der Waals surface area (Å²) in [6.45, 7) is 3.05. The molecule has 29 heavy (non-hydrogen) atoms. The van der Waals surface area contributed by atoms with Crippen LogP contribution in [0, 0.1) is 0 Å². The van der Waals surface area contributed by atoms with E-state index in [1.165, 1.54) is 0 Å². The SMILES string of the molecule is CC(C)c1ccc(CO)c(O[C@@H]2O[C@H](COC(=O)CC(=O)O)[C@@H](O)[C@H](O)[C@H]2O)c1. The summed E-state index contributed by atoms with van der Waals surface area (Å²) in [6, 6.07) is 5.16. The number of hydrogen-bond donors (Lipinski definition) is 5. The van der Waals surface area contributed by atoms with Crippen LogP contribution in [-0.4, -0.2) is 74.8 Å². The molecule has 1 aromatic carbocycles. The van der Waals surface area contributed by atoms with Gasteiger partial charge in [-0.1, -0.05) is 26.0 Å². The van der Waals surface area contributed by atoms with Gasteiger partial charge in [-0.15, -0.1) is 0 Å². The van der Waals surface area contributed by atoms with E-state index < -0.39 is 55.7 Å². The highest BCUT2D eigenvalue weighted by Gasteiger charge is 2.45. The molecule has 0 aromatic heterocycles. The summed E-state index contributed by atoms with van der Waals surface area (Å²) in [5.74, 6) is -2.03. The normalized spacial score (nSPS) is 26.9. The first-order chi connectivity index (χ1) is 13.6. The van der Waals surface area contributed by atoms with Gasteiger partial charge >= 0.3 is 11.9 Å². The van der Waals surface area contributed by atoms with Crippen LogP contribution in [0.25, 0.3) is 0 Å². The fraction of sp³-hybridized carbons (Fsp3) is 0.579. The van der Waals surface area contributed by atoms with E-state index in [-0.39, 0.29) is 18.3 Å². The van der Waals surface area contributed by atoms with Crippen molar-refractivity contribution in [3.8, 4) is 5.75 Å². The predicted octanol–water partition coefficient (Wildman–Crippen LogP) is -0.493. The number of hydrogen-bond acceptors (Lipinski definition) is 9. The Bertz CT molecular complexity index is 719. The summed E-state index contributed by atoms with van der Waals surface area (Å²) in [5.41, 5.74) is 1.33. The Balaban J connectivity index is 2.14. The van der Waals surface area contributed by atoms with Gasteiger partial charge in [0.15, 0.2) is 0 Å². The lowest BCUT2D eigenvalue weighted by Gasteiger charge is -2.40. The van der Waals surface area contributed by atoms with Gasteiger partial charge in [-0.25, -0.2) is 0 Å². The number of esters is 1. The smallest absolute Gasteiger partial charge is 0.317 e. The first kappa shape index (κ1) is 23.0. The Kier molecular flexibility index (Phi) is 7.94. The summed E-state index contributed by atoms with van der Waals surface area (Å²) in [5, 5.41) is 48.5. The van der Waals surface area contributed by atoms with E-state index in [1.807, 2.05) is 19.9 Å². The monoisotopic (exact) mass is 414 g/mol. The van der Waals surface area contributed by atoms with Crippen molar-refractivity contribution in [2.24, 2.45) is 0 Å². The van der Waals surface area contributed by atoms with Crippen LogP contribution in [0.1, 0.15) is 37.3 Å². The van der Waals surface area contributed by atoms with Crippen LogP contribution in [0.2, 0.25) is 0 Å². The summed E-state index contributed by atoms with van der Waals surface area (Å²) >= 11 is 0. The lowest BCUT2D eigenvalue weighted by molar-refractivity contribution is -0.278. The first-order valence-electron chi connectivity index (χ1n) is 9.11. The highest BCUT2D eigenvalue weighted by molar-refractivity contribution is 5.90. The molecular formula is C19H26O10. The van der Waals surface area contributed by atoms with Gasteiger partial charge < -0.3 is 39.7 Å². The highest BCUT2D eigenvalue weighted by Crippen LogP contribution is 2.29. The Hall–Kier alpha value is -2.24. The molecule has 1 heterocycles. The Labute approximate surface area is 167 Å². The molecule has 5 atom stereocenters. The summed E-state index contributed by atoms with van der Waals surface area (Å²) in [4.78, 5) is 21.9. The van der Waals surface area contributed by atoms with E-state index in [0.717, 1.165) is 5.56 Å². The Morgan fingerprint density at radius 3 is 2.41 bits per heavy atom. The zero-order valence-electron chi connectivity index (χ0n) is 16.1. The van der Waals surface area contributed by atoms with Crippen LogP contribution in [0.5, 0.6) is 5.75 Å². The number of carbonyl (C=O) groups is 2. The number of aliphatic hydroxyl groups is 4. The van der Waals surface area contributed by atoms with Crippen molar-refractivity contribution in [1.82, 2.24) is 0 Å². The predicted molar refractivity (Wildman–Crippen MR) is 97.0 cm³/mol. The number of benzene rings is 1. The molecule has 1 saturated heterocycles. The molecule has 1 aliphatic rings. The highest BCUT2D eigenvalue weighted by atomic mass is 16.7.